The fourth-order valence-corrected chi connectivity index (χ4v) is 5.47. The van der Waals surface area contributed by atoms with Gasteiger partial charge in [-0.1, -0.05) is 23.4 Å². The summed E-state index contributed by atoms with van der Waals surface area (Å²) in [6.45, 7) is 1.83. The van der Waals surface area contributed by atoms with Gasteiger partial charge in [0.25, 0.3) is 0 Å². The minimum atomic E-state index is -1.31. The number of aromatic nitrogens is 3. The van der Waals surface area contributed by atoms with Crippen molar-refractivity contribution in [3.8, 4) is 23.0 Å². The third-order valence-corrected chi connectivity index (χ3v) is 7.66. The summed E-state index contributed by atoms with van der Waals surface area (Å²) >= 11 is 0. The molecule has 1 fully saturated rings. The molecule has 0 spiro atoms. The second-order valence-electron chi connectivity index (χ2n) is 10.5. The number of rotatable bonds is 10. The molecule has 0 aliphatic carbocycles. The van der Waals surface area contributed by atoms with Crippen LogP contribution in [0.4, 0.5) is 5.69 Å². The molecule has 3 aromatic carbocycles. The number of anilines is 1. The first-order valence-electron chi connectivity index (χ1n) is 14.1. The maximum absolute atomic E-state index is 14.5. The van der Waals surface area contributed by atoms with Crippen LogP contribution >= 0.6 is 0 Å². The van der Waals surface area contributed by atoms with Crippen molar-refractivity contribution in [3.05, 3.63) is 65.7 Å². The zero-order valence-electron chi connectivity index (χ0n) is 24.2. The molecule has 228 valence electrons. The number of para-hydroxylation sites is 1. The molecule has 13 heteroatoms. The fraction of sp³-hybridized carbons (Fsp3) is 0.323. The number of aromatic hydroxyl groups is 1. The summed E-state index contributed by atoms with van der Waals surface area (Å²) in [4.78, 5) is 43.0. The van der Waals surface area contributed by atoms with E-state index in [-0.39, 0.29) is 54.5 Å². The number of hydrogen-bond acceptors (Lipinski definition) is 10. The maximum Gasteiger partial charge on any atom is 0.249 e. The summed E-state index contributed by atoms with van der Waals surface area (Å²) in [5.41, 5.74) is 1.82. The summed E-state index contributed by atoms with van der Waals surface area (Å²) < 4.78 is 23.6. The van der Waals surface area contributed by atoms with E-state index in [1.165, 1.54) is 53.9 Å². The molecule has 6 rings (SSSR count). The predicted molar refractivity (Wildman–Crippen MR) is 157 cm³/mol. The number of phenolic OH excluding ortho intramolecular Hbond substituents is 1. The average molecular weight is 602 g/mol. The summed E-state index contributed by atoms with van der Waals surface area (Å²) in [6, 6.07) is 13.3. The number of nitrogens with zero attached hydrogens (tertiary/aromatic N) is 4. The minimum absolute atomic E-state index is 0.0600. The van der Waals surface area contributed by atoms with E-state index < -0.39 is 17.9 Å². The van der Waals surface area contributed by atoms with Crippen molar-refractivity contribution in [2.24, 2.45) is 0 Å². The van der Waals surface area contributed by atoms with Gasteiger partial charge in [-0.15, -0.1) is 5.10 Å². The van der Waals surface area contributed by atoms with Gasteiger partial charge in [0, 0.05) is 24.8 Å². The molecule has 2 aliphatic heterocycles. The highest BCUT2D eigenvalue weighted by Gasteiger charge is 2.37. The monoisotopic (exact) mass is 601 g/mol. The Labute approximate surface area is 252 Å². The molecule has 1 saturated heterocycles. The molecule has 2 aliphatic rings. The van der Waals surface area contributed by atoms with Crippen molar-refractivity contribution in [3.63, 3.8) is 0 Å². The van der Waals surface area contributed by atoms with Crippen molar-refractivity contribution in [1.82, 2.24) is 20.3 Å². The fourth-order valence-electron chi connectivity index (χ4n) is 5.47. The third-order valence-electron chi connectivity index (χ3n) is 7.66. The molecule has 1 aromatic heterocycles. The number of hydrogen-bond donors (Lipinski definition) is 2. The molecule has 2 amide bonds. The van der Waals surface area contributed by atoms with Gasteiger partial charge in [-0.2, -0.15) is 0 Å². The van der Waals surface area contributed by atoms with Crippen LogP contribution in [0.1, 0.15) is 41.7 Å². The van der Waals surface area contributed by atoms with Gasteiger partial charge in [0.1, 0.15) is 18.1 Å². The van der Waals surface area contributed by atoms with Crippen molar-refractivity contribution >= 4 is 34.3 Å². The number of amides is 2. The second-order valence-corrected chi connectivity index (χ2v) is 10.5. The van der Waals surface area contributed by atoms with E-state index in [9.17, 15) is 19.5 Å². The SMILES string of the molecule is COc1cc([C@H](C(=O)NC[C@H]2CCCO2)N(C(=O)Cn2nnc3ccccc32)c2cc3c(cc2C(C)=O)OCO3)ccc1O. The first-order valence-corrected chi connectivity index (χ1v) is 14.1. The summed E-state index contributed by atoms with van der Waals surface area (Å²) in [5.74, 6) is -0.830. The lowest BCUT2D eigenvalue weighted by atomic mass is 9.99. The number of ketones is 1. The van der Waals surface area contributed by atoms with Crippen LogP contribution in [0.5, 0.6) is 23.0 Å². The first kappa shape index (κ1) is 28.9. The lowest BCUT2D eigenvalue weighted by molar-refractivity contribution is -0.127. The molecule has 0 radical (unpaired) electrons. The standard InChI is InChI=1S/C31H31N5O8/c1-18(37)21-13-27-28(44-17-43-27)14-24(21)36(29(39)16-35-23-8-4-3-7-22(23)33-34-35)30(19-9-10-25(38)26(12-19)41-2)31(40)32-15-20-6-5-11-42-20/h3-4,7-10,12-14,20,30,38H,5-6,11,15-17H2,1-2H3,(H,32,40)/t20-,30-/m1/s1. The van der Waals surface area contributed by atoms with E-state index in [0.717, 1.165) is 12.8 Å². The van der Waals surface area contributed by atoms with Gasteiger partial charge in [0.2, 0.25) is 18.6 Å². The zero-order valence-corrected chi connectivity index (χ0v) is 24.2. The highest BCUT2D eigenvalue weighted by molar-refractivity contribution is 6.08. The van der Waals surface area contributed by atoms with E-state index in [0.29, 0.717) is 34.7 Å². The molecule has 13 nitrogen and oxygen atoms in total. The van der Waals surface area contributed by atoms with Gasteiger partial charge >= 0.3 is 0 Å². The van der Waals surface area contributed by atoms with Gasteiger partial charge in [-0.3, -0.25) is 19.3 Å². The minimum Gasteiger partial charge on any atom is -0.504 e. The Morgan fingerprint density at radius 1 is 1.14 bits per heavy atom. The first-order chi connectivity index (χ1) is 21.3. The van der Waals surface area contributed by atoms with E-state index in [2.05, 4.69) is 15.6 Å². The Hall–Kier alpha value is -5.17. The van der Waals surface area contributed by atoms with Crippen LogP contribution in [0.2, 0.25) is 0 Å². The molecule has 2 N–H and O–H groups in total. The van der Waals surface area contributed by atoms with Crippen LogP contribution < -0.4 is 24.4 Å². The van der Waals surface area contributed by atoms with E-state index in [1.807, 2.05) is 6.07 Å². The van der Waals surface area contributed by atoms with Crippen LogP contribution in [0, 0.1) is 0 Å². The van der Waals surface area contributed by atoms with Crippen LogP contribution in [-0.4, -0.2) is 70.9 Å². The number of carbonyl (C=O) groups excluding carboxylic acids is 3. The number of ether oxygens (including phenoxy) is 4. The third kappa shape index (κ3) is 5.61. The predicted octanol–water partition coefficient (Wildman–Crippen LogP) is 3.15. The largest absolute Gasteiger partial charge is 0.504 e. The van der Waals surface area contributed by atoms with Crippen molar-refractivity contribution in [1.29, 1.82) is 0 Å². The Morgan fingerprint density at radius 3 is 2.68 bits per heavy atom. The molecule has 0 bridgehead atoms. The smallest absolute Gasteiger partial charge is 0.249 e. The maximum atomic E-state index is 14.5. The molecule has 2 atom stereocenters. The summed E-state index contributed by atoms with van der Waals surface area (Å²) in [5, 5.41) is 21.6. The number of methoxy groups -OCH3 is 1. The van der Waals surface area contributed by atoms with Gasteiger partial charge < -0.3 is 29.4 Å². The Balaban J connectivity index is 1.50. The lowest BCUT2D eigenvalue weighted by Crippen LogP contribution is -2.47. The number of fused-ring (bicyclic) bond motifs is 2. The van der Waals surface area contributed by atoms with Gasteiger partial charge in [-0.25, -0.2) is 4.68 Å². The number of carbonyl (C=O) groups is 3. The summed E-state index contributed by atoms with van der Waals surface area (Å²) in [6.07, 6.45) is 1.50. The van der Waals surface area contributed by atoms with Gasteiger partial charge in [-0.05, 0) is 55.7 Å². The quantitative estimate of drug-likeness (QED) is 0.259. The van der Waals surface area contributed by atoms with Crippen molar-refractivity contribution in [2.75, 3.05) is 32.0 Å². The molecule has 0 unspecified atom stereocenters. The van der Waals surface area contributed by atoms with Crippen LogP contribution in [0.15, 0.2) is 54.6 Å². The molecular weight excluding hydrogens is 570 g/mol. The number of benzene rings is 3. The zero-order chi connectivity index (χ0) is 30.8. The second kappa shape index (κ2) is 12.2. The Bertz CT molecular complexity index is 1730. The molecular formula is C31H31N5O8. The highest BCUT2D eigenvalue weighted by Crippen LogP contribution is 2.42. The number of Topliss-reactive ketones (excluding diaryl/α,β-unsaturated/α-hetero) is 1. The van der Waals surface area contributed by atoms with E-state index in [1.54, 1.807) is 18.2 Å². The van der Waals surface area contributed by atoms with Crippen LogP contribution in [0.25, 0.3) is 11.0 Å². The molecule has 0 saturated carbocycles. The summed E-state index contributed by atoms with van der Waals surface area (Å²) in [7, 11) is 1.38. The van der Waals surface area contributed by atoms with Gasteiger partial charge in [0.15, 0.2) is 28.8 Å². The molecule has 4 aromatic rings. The Kier molecular flexibility index (Phi) is 8.03. The topological polar surface area (TPSA) is 154 Å². The van der Waals surface area contributed by atoms with Crippen molar-refractivity contribution < 1.29 is 38.4 Å². The van der Waals surface area contributed by atoms with Crippen LogP contribution in [-0.2, 0) is 20.9 Å². The van der Waals surface area contributed by atoms with Gasteiger partial charge in [0.05, 0.1) is 24.4 Å². The van der Waals surface area contributed by atoms with Crippen molar-refractivity contribution in [2.45, 2.75) is 38.5 Å². The average Bonchev–Trinajstić information content (AvgIpc) is 3.80. The highest BCUT2D eigenvalue weighted by atomic mass is 16.7. The number of phenols is 1. The van der Waals surface area contributed by atoms with E-state index in [4.69, 9.17) is 18.9 Å². The number of nitrogens with one attached hydrogen (secondary N) is 1. The van der Waals surface area contributed by atoms with E-state index >= 15 is 0 Å². The molecule has 44 heavy (non-hydrogen) atoms. The normalized spacial score (nSPS) is 16.1. The Morgan fingerprint density at radius 2 is 1.93 bits per heavy atom. The lowest BCUT2D eigenvalue weighted by Gasteiger charge is -2.33. The van der Waals surface area contributed by atoms with Crippen LogP contribution in [0.3, 0.4) is 0 Å². The molecule has 3 heterocycles.